The lowest BCUT2D eigenvalue weighted by Crippen LogP contribution is -2.62. The van der Waals surface area contributed by atoms with Crippen molar-refractivity contribution < 1.29 is 18.3 Å². The molecule has 4 bridgehead atoms. The Morgan fingerprint density at radius 2 is 1.57 bits per heavy atom. The fraction of sp³-hybridized carbons (Fsp3) is 0.667. The van der Waals surface area contributed by atoms with Crippen LogP contribution in [-0.2, 0) is 14.8 Å². The lowest BCUT2D eigenvalue weighted by atomic mass is 9.47. The highest BCUT2D eigenvalue weighted by Crippen LogP contribution is 2.62. The van der Waals surface area contributed by atoms with Crippen molar-refractivity contribution in [2.24, 2.45) is 17.3 Å². The maximum Gasteiger partial charge on any atom is 0.243 e. The first-order valence-electron chi connectivity index (χ1n) is 10.4. The van der Waals surface area contributed by atoms with Crippen LogP contribution in [0, 0.1) is 17.3 Å². The van der Waals surface area contributed by atoms with Gasteiger partial charge in [0.15, 0.2) is 0 Å². The molecule has 6 nitrogen and oxygen atoms in total. The number of hydrogen-bond donors (Lipinski definition) is 1. The van der Waals surface area contributed by atoms with Gasteiger partial charge in [-0.3, -0.25) is 4.79 Å². The number of benzene rings is 1. The molecule has 4 aliphatic carbocycles. The van der Waals surface area contributed by atoms with Crippen LogP contribution in [0.1, 0.15) is 38.5 Å². The number of rotatable bonds is 3. The largest absolute Gasteiger partial charge is 0.390 e. The van der Waals surface area contributed by atoms with E-state index in [-0.39, 0.29) is 5.91 Å². The molecule has 1 amide bonds. The van der Waals surface area contributed by atoms with E-state index in [4.69, 9.17) is 0 Å². The topological polar surface area (TPSA) is 77.9 Å². The normalized spacial score (nSPS) is 38.0. The van der Waals surface area contributed by atoms with Crippen molar-refractivity contribution >= 4 is 15.9 Å². The molecule has 7 heteroatoms. The summed E-state index contributed by atoms with van der Waals surface area (Å²) in [5, 5.41) is 10.9. The molecule has 2 atom stereocenters. The number of carbonyl (C=O) groups excluding carboxylic acids is 1. The highest BCUT2D eigenvalue weighted by atomic mass is 32.2. The summed E-state index contributed by atoms with van der Waals surface area (Å²) < 4.78 is 27.1. The Morgan fingerprint density at radius 1 is 0.964 bits per heavy atom. The lowest BCUT2D eigenvalue weighted by Gasteiger charge is -2.60. The zero-order chi connectivity index (χ0) is 19.6. The van der Waals surface area contributed by atoms with Crippen LogP contribution in [0.2, 0.25) is 0 Å². The minimum atomic E-state index is -3.51. The van der Waals surface area contributed by atoms with Gasteiger partial charge in [0.1, 0.15) is 0 Å². The van der Waals surface area contributed by atoms with Crippen molar-refractivity contribution in [1.29, 1.82) is 0 Å². The summed E-state index contributed by atoms with van der Waals surface area (Å²) in [5.41, 5.74) is -1.07. The summed E-state index contributed by atoms with van der Waals surface area (Å²) in [5.74, 6) is 1.08. The maximum atomic E-state index is 13.5. The Morgan fingerprint density at radius 3 is 2.14 bits per heavy atom. The predicted octanol–water partition coefficient (Wildman–Crippen LogP) is 1.85. The molecule has 0 radical (unpaired) electrons. The number of nitrogens with zero attached hydrogens (tertiary/aromatic N) is 2. The molecule has 6 rings (SSSR count). The average Bonchev–Trinajstić information content (AvgIpc) is 2.66. The Hall–Kier alpha value is -1.44. The van der Waals surface area contributed by atoms with E-state index in [2.05, 4.69) is 0 Å². The van der Waals surface area contributed by atoms with Gasteiger partial charge in [-0.1, -0.05) is 18.2 Å². The van der Waals surface area contributed by atoms with Gasteiger partial charge < -0.3 is 10.0 Å². The van der Waals surface area contributed by atoms with Gasteiger partial charge in [-0.2, -0.15) is 4.31 Å². The predicted molar refractivity (Wildman–Crippen MR) is 104 cm³/mol. The first kappa shape index (κ1) is 18.6. The lowest BCUT2D eigenvalue weighted by molar-refractivity contribution is -0.186. The number of aliphatic hydroxyl groups is 1. The second-order valence-electron chi connectivity index (χ2n) is 9.48. The standard InChI is InChI=1S/C21H28N2O4S/c24-19(20-11-16-10-17(12-20)14-21(25,13-16)15-20)22-6-8-23(9-7-22)28(26,27)18-4-2-1-3-5-18/h1-5,16-17,25H,6-15H2. The summed E-state index contributed by atoms with van der Waals surface area (Å²) in [6.07, 6.45) is 5.23. The van der Waals surface area contributed by atoms with Gasteiger partial charge in [-0.05, 0) is 62.5 Å². The van der Waals surface area contributed by atoms with E-state index in [1.807, 2.05) is 4.90 Å². The Bertz CT molecular complexity index is 863. The minimum Gasteiger partial charge on any atom is -0.390 e. The first-order chi connectivity index (χ1) is 13.3. The van der Waals surface area contributed by atoms with E-state index in [1.165, 1.54) is 4.31 Å². The first-order valence-corrected chi connectivity index (χ1v) is 11.8. The van der Waals surface area contributed by atoms with Gasteiger partial charge >= 0.3 is 0 Å². The zero-order valence-electron chi connectivity index (χ0n) is 16.1. The Balaban J connectivity index is 1.29. The van der Waals surface area contributed by atoms with Crippen molar-refractivity contribution in [2.75, 3.05) is 26.2 Å². The van der Waals surface area contributed by atoms with Gasteiger partial charge in [0.25, 0.3) is 0 Å². The number of hydrogen-bond acceptors (Lipinski definition) is 4. The summed E-state index contributed by atoms with van der Waals surface area (Å²) in [6, 6.07) is 8.48. The smallest absolute Gasteiger partial charge is 0.243 e. The molecule has 152 valence electrons. The van der Waals surface area contributed by atoms with Crippen molar-refractivity contribution in [1.82, 2.24) is 9.21 Å². The monoisotopic (exact) mass is 404 g/mol. The summed E-state index contributed by atoms with van der Waals surface area (Å²) in [7, 11) is -3.51. The third kappa shape index (κ3) is 2.90. The molecule has 1 aromatic carbocycles. The molecule has 2 unspecified atom stereocenters. The van der Waals surface area contributed by atoms with Crippen LogP contribution in [0.25, 0.3) is 0 Å². The fourth-order valence-corrected chi connectivity index (χ4v) is 8.12. The van der Waals surface area contributed by atoms with Gasteiger partial charge in [-0.15, -0.1) is 0 Å². The molecular formula is C21H28N2O4S. The van der Waals surface area contributed by atoms with Crippen LogP contribution in [-0.4, -0.2) is 60.4 Å². The quantitative estimate of drug-likeness (QED) is 0.834. The average molecular weight is 405 g/mol. The van der Waals surface area contributed by atoms with E-state index < -0.39 is 21.0 Å². The third-order valence-electron chi connectivity index (χ3n) is 7.39. The molecule has 5 aliphatic rings. The van der Waals surface area contributed by atoms with Crippen LogP contribution in [0.3, 0.4) is 0 Å². The van der Waals surface area contributed by atoms with E-state index >= 15 is 0 Å². The van der Waals surface area contributed by atoms with Crippen LogP contribution >= 0.6 is 0 Å². The molecule has 5 fully saturated rings. The highest BCUT2D eigenvalue weighted by molar-refractivity contribution is 7.89. The Labute approximate surface area is 166 Å². The van der Waals surface area contributed by atoms with Gasteiger partial charge in [0, 0.05) is 26.2 Å². The summed E-state index contributed by atoms with van der Waals surface area (Å²) in [6.45, 7) is 1.52. The molecule has 4 saturated carbocycles. The second kappa shape index (κ2) is 6.28. The number of piperazine rings is 1. The van der Waals surface area contributed by atoms with Gasteiger partial charge in [0.05, 0.1) is 15.9 Å². The molecule has 28 heavy (non-hydrogen) atoms. The Kier molecular flexibility index (Phi) is 4.17. The molecule has 1 saturated heterocycles. The molecule has 1 aromatic rings. The van der Waals surface area contributed by atoms with Crippen molar-refractivity contribution in [3.05, 3.63) is 30.3 Å². The summed E-state index contributed by atoms with van der Waals surface area (Å²) in [4.78, 5) is 15.6. The van der Waals surface area contributed by atoms with Crippen molar-refractivity contribution in [3.63, 3.8) is 0 Å². The van der Waals surface area contributed by atoms with Crippen molar-refractivity contribution in [2.45, 2.75) is 49.0 Å². The van der Waals surface area contributed by atoms with Gasteiger partial charge in [0.2, 0.25) is 15.9 Å². The second-order valence-corrected chi connectivity index (χ2v) is 11.4. The number of carbonyl (C=O) groups is 1. The number of sulfonamides is 1. The molecule has 1 N–H and O–H groups in total. The molecule has 0 aromatic heterocycles. The highest BCUT2D eigenvalue weighted by Gasteiger charge is 2.61. The SMILES string of the molecule is O=C(N1CCN(S(=O)(=O)c2ccccc2)CC1)C12CC3CC(CC(O)(C3)C1)C2. The van der Waals surface area contributed by atoms with Crippen LogP contribution in [0.15, 0.2) is 35.2 Å². The zero-order valence-corrected chi connectivity index (χ0v) is 16.9. The van der Waals surface area contributed by atoms with E-state index in [9.17, 15) is 18.3 Å². The van der Waals surface area contributed by atoms with E-state index in [1.54, 1.807) is 30.3 Å². The van der Waals surface area contributed by atoms with Gasteiger partial charge in [-0.25, -0.2) is 8.42 Å². The third-order valence-corrected chi connectivity index (χ3v) is 9.30. The van der Waals surface area contributed by atoms with E-state index in [0.29, 0.717) is 49.3 Å². The van der Waals surface area contributed by atoms with Crippen molar-refractivity contribution in [3.8, 4) is 0 Å². The molecular weight excluding hydrogens is 376 g/mol. The minimum absolute atomic E-state index is 0.150. The van der Waals surface area contributed by atoms with Crippen LogP contribution in [0.4, 0.5) is 0 Å². The van der Waals surface area contributed by atoms with Crippen LogP contribution in [0.5, 0.6) is 0 Å². The molecule has 0 spiro atoms. The van der Waals surface area contributed by atoms with Crippen LogP contribution < -0.4 is 0 Å². The number of amides is 1. The fourth-order valence-electron chi connectivity index (χ4n) is 6.67. The molecule has 1 aliphatic heterocycles. The summed E-state index contributed by atoms with van der Waals surface area (Å²) >= 11 is 0. The van der Waals surface area contributed by atoms with E-state index in [0.717, 1.165) is 32.1 Å². The maximum absolute atomic E-state index is 13.5. The molecule has 1 heterocycles.